The molecule has 0 bridgehead atoms. The molecule has 0 aliphatic carbocycles. The summed E-state index contributed by atoms with van der Waals surface area (Å²) < 4.78 is 11.6. The Bertz CT molecular complexity index is 707. The topological polar surface area (TPSA) is 22.9 Å². The predicted octanol–water partition coefficient (Wildman–Crippen LogP) is 0.568. The first-order valence-electron chi connectivity index (χ1n) is 10.4. The Morgan fingerprint density at radius 1 is 1.04 bits per heavy atom. The van der Waals surface area contributed by atoms with Crippen molar-refractivity contribution < 1.29 is 26.8 Å². The first-order chi connectivity index (χ1) is 13.2. The molecule has 2 aromatic carbocycles. The zero-order valence-corrected chi connectivity index (χ0v) is 18.0. The first-order valence-corrected chi connectivity index (χ1v) is 10.4. The minimum atomic E-state index is 0. The summed E-state index contributed by atoms with van der Waals surface area (Å²) in [6.07, 6.45) is 7.16. The summed E-state index contributed by atoms with van der Waals surface area (Å²) in [6.45, 7) is 3.40. The van der Waals surface area contributed by atoms with E-state index in [1.807, 2.05) is 6.07 Å². The Morgan fingerprint density at radius 3 is 2.68 bits per heavy atom. The van der Waals surface area contributed by atoms with Crippen LogP contribution in [0.2, 0.25) is 0 Å². The third-order valence-corrected chi connectivity index (χ3v) is 5.60. The molecule has 1 saturated heterocycles. The molecule has 154 valence electrons. The highest BCUT2D eigenvalue weighted by atomic mass is 35.5. The van der Waals surface area contributed by atoms with Gasteiger partial charge in [0.25, 0.3) is 0 Å². The van der Waals surface area contributed by atoms with Gasteiger partial charge >= 0.3 is 0 Å². The monoisotopic (exact) mass is 403 g/mol. The highest BCUT2D eigenvalue weighted by Gasteiger charge is 2.21. The molecular weight excluding hydrogens is 370 g/mol. The van der Waals surface area contributed by atoms with Crippen LogP contribution in [0.1, 0.15) is 36.8 Å². The van der Waals surface area contributed by atoms with Gasteiger partial charge in [0.05, 0.1) is 33.9 Å². The summed E-state index contributed by atoms with van der Waals surface area (Å²) in [6, 6.07) is 17.0. The number of nitrogens with one attached hydrogen (secondary N) is 1. The molecule has 0 amide bonds. The molecule has 4 heteroatoms. The molecule has 28 heavy (non-hydrogen) atoms. The van der Waals surface area contributed by atoms with Crippen molar-refractivity contribution in [3.8, 4) is 11.5 Å². The number of quaternary nitrogens is 1. The molecule has 1 N–H and O–H groups in total. The highest BCUT2D eigenvalue weighted by Crippen LogP contribution is 2.22. The van der Waals surface area contributed by atoms with Gasteiger partial charge in [-0.1, -0.05) is 30.3 Å². The quantitative estimate of drug-likeness (QED) is 0.618. The lowest BCUT2D eigenvalue weighted by Gasteiger charge is -2.27. The second kappa shape index (κ2) is 12.0. The highest BCUT2D eigenvalue weighted by molar-refractivity contribution is 5.33. The van der Waals surface area contributed by atoms with Crippen LogP contribution < -0.4 is 26.8 Å². The Kier molecular flexibility index (Phi) is 9.66. The lowest BCUT2D eigenvalue weighted by Crippen LogP contribution is -3.10. The van der Waals surface area contributed by atoms with Gasteiger partial charge in [0, 0.05) is 5.92 Å². The predicted molar refractivity (Wildman–Crippen MR) is 111 cm³/mol. The minimum Gasteiger partial charge on any atom is -1.00 e. The van der Waals surface area contributed by atoms with Gasteiger partial charge in [0.1, 0.15) is 11.5 Å². The summed E-state index contributed by atoms with van der Waals surface area (Å²) in [5, 5.41) is 0. The lowest BCUT2D eigenvalue weighted by atomic mass is 9.99. The molecule has 0 saturated carbocycles. The van der Waals surface area contributed by atoms with Gasteiger partial charge in [-0.2, -0.15) is 0 Å². The first kappa shape index (κ1) is 22.6. The second-order valence-corrected chi connectivity index (χ2v) is 7.90. The maximum Gasteiger partial charge on any atom is 0.122 e. The standard InChI is InChI=1S/C24H33NO2.ClH/c1-25-16-8-11-21(18-25)19-27-24-15-6-5-13-22(24)12-4-3-9-20-10-7-14-23(17-20)26-2;/h5-7,10,13-15,17,21H,3-4,8-9,11-12,16,18-19H2,1-2H3;1H. The third-order valence-electron chi connectivity index (χ3n) is 5.60. The van der Waals surface area contributed by atoms with E-state index in [-0.39, 0.29) is 12.4 Å². The minimum absolute atomic E-state index is 0. The smallest absolute Gasteiger partial charge is 0.122 e. The lowest BCUT2D eigenvalue weighted by molar-refractivity contribution is -0.888. The van der Waals surface area contributed by atoms with Crippen LogP contribution in [-0.4, -0.2) is 33.9 Å². The summed E-state index contributed by atoms with van der Waals surface area (Å²) in [4.78, 5) is 1.64. The number of methoxy groups -OCH3 is 1. The molecule has 2 aromatic rings. The van der Waals surface area contributed by atoms with Crippen LogP contribution in [0.15, 0.2) is 48.5 Å². The number of halogens is 1. The van der Waals surface area contributed by atoms with Crippen molar-refractivity contribution in [3.63, 3.8) is 0 Å². The Labute approximate surface area is 176 Å². The molecule has 1 aliphatic rings. The number of hydrogen-bond donors (Lipinski definition) is 1. The van der Waals surface area contributed by atoms with E-state index in [1.54, 1.807) is 12.0 Å². The van der Waals surface area contributed by atoms with Gasteiger partial charge in [-0.25, -0.2) is 0 Å². The average Bonchev–Trinajstić information content (AvgIpc) is 2.70. The Balaban J connectivity index is 0.00000280. The summed E-state index contributed by atoms with van der Waals surface area (Å²) in [7, 11) is 4.02. The summed E-state index contributed by atoms with van der Waals surface area (Å²) in [5.74, 6) is 2.73. The average molecular weight is 404 g/mol. The third kappa shape index (κ3) is 7.03. The number of ether oxygens (including phenoxy) is 2. The maximum absolute atomic E-state index is 6.24. The fraction of sp³-hybridized carbons (Fsp3) is 0.500. The molecule has 0 aromatic heterocycles. The van der Waals surface area contributed by atoms with Crippen LogP contribution in [0.5, 0.6) is 11.5 Å². The fourth-order valence-corrected chi connectivity index (χ4v) is 4.06. The number of unbranched alkanes of at least 4 members (excludes halogenated alkanes) is 1. The van der Waals surface area contributed by atoms with Gasteiger partial charge in [-0.3, -0.25) is 0 Å². The SMILES string of the molecule is COc1cccc(CCCCc2ccccc2OCC2CCC[NH+](C)C2)c1.[Cl-]. The van der Waals surface area contributed by atoms with Crippen molar-refractivity contribution in [1.82, 2.24) is 0 Å². The zero-order chi connectivity index (χ0) is 18.9. The number of aryl methyl sites for hydroxylation is 2. The van der Waals surface area contributed by atoms with Crippen LogP contribution in [0.3, 0.4) is 0 Å². The van der Waals surface area contributed by atoms with Crippen molar-refractivity contribution >= 4 is 0 Å². The zero-order valence-electron chi connectivity index (χ0n) is 17.3. The van der Waals surface area contributed by atoms with E-state index >= 15 is 0 Å². The molecule has 0 spiro atoms. The molecule has 1 fully saturated rings. The van der Waals surface area contributed by atoms with E-state index in [0.717, 1.165) is 30.9 Å². The van der Waals surface area contributed by atoms with Crippen LogP contribution in [-0.2, 0) is 12.8 Å². The largest absolute Gasteiger partial charge is 1.00 e. The van der Waals surface area contributed by atoms with Gasteiger partial charge in [-0.05, 0) is 67.9 Å². The van der Waals surface area contributed by atoms with E-state index in [4.69, 9.17) is 9.47 Å². The molecule has 0 radical (unpaired) electrons. The van der Waals surface area contributed by atoms with Crippen molar-refractivity contribution in [2.75, 3.05) is 33.9 Å². The van der Waals surface area contributed by atoms with E-state index in [2.05, 4.69) is 49.5 Å². The van der Waals surface area contributed by atoms with E-state index in [1.165, 1.54) is 49.9 Å². The van der Waals surface area contributed by atoms with Gasteiger partial charge in [0.2, 0.25) is 0 Å². The van der Waals surface area contributed by atoms with E-state index in [0.29, 0.717) is 5.92 Å². The molecule has 1 aliphatic heterocycles. The fourth-order valence-electron chi connectivity index (χ4n) is 4.06. The van der Waals surface area contributed by atoms with Crippen molar-refractivity contribution in [2.24, 2.45) is 5.92 Å². The molecule has 2 atom stereocenters. The molecular formula is C24H34ClNO2. The van der Waals surface area contributed by atoms with Crippen LogP contribution >= 0.6 is 0 Å². The molecule has 3 rings (SSSR count). The van der Waals surface area contributed by atoms with Gasteiger partial charge in [0.15, 0.2) is 0 Å². The normalized spacial score (nSPS) is 18.9. The van der Waals surface area contributed by atoms with Gasteiger partial charge in [-0.15, -0.1) is 0 Å². The summed E-state index contributed by atoms with van der Waals surface area (Å²) in [5.41, 5.74) is 2.70. The van der Waals surface area contributed by atoms with Crippen molar-refractivity contribution in [3.05, 3.63) is 59.7 Å². The number of piperidine rings is 1. The number of benzene rings is 2. The Morgan fingerprint density at radius 2 is 1.86 bits per heavy atom. The Hall–Kier alpha value is -1.71. The number of likely N-dealkylation sites (tertiary alicyclic amines) is 1. The van der Waals surface area contributed by atoms with E-state index in [9.17, 15) is 0 Å². The van der Waals surface area contributed by atoms with Crippen LogP contribution in [0.25, 0.3) is 0 Å². The summed E-state index contributed by atoms with van der Waals surface area (Å²) >= 11 is 0. The second-order valence-electron chi connectivity index (χ2n) is 7.90. The van der Waals surface area contributed by atoms with Crippen molar-refractivity contribution in [1.29, 1.82) is 0 Å². The van der Waals surface area contributed by atoms with Crippen LogP contribution in [0.4, 0.5) is 0 Å². The maximum atomic E-state index is 6.24. The van der Waals surface area contributed by atoms with Crippen molar-refractivity contribution in [2.45, 2.75) is 38.5 Å². The molecule has 1 heterocycles. The number of rotatable bonds is 9. The molecule has 3 nitrogen and oxygen atoms in total. The number of hydrogen-bond acceptors (Lipinski definition) is 2. The van der Waals surface area contributed by atoms with Crippen LogP contribution in [0, 0.1) is 5.92 Å². The number of para-hydroxylation sites is 1. The van der Waals surface area contributed by atoms with E-state index < -0.39 is 0 Å². The molecule has 2 unspecified atom stereocenters. The van der Waals surface area contributed by atoms with Gasteiger partial charge < -0.3 is 26.8 Å².